The largest absolute Gasteiger partial charge is 0.273 e. The summed E-state index contributed by atoms with van der Waals surface area (Å²) in [6.45, 7) is 11.9. The van der Waals surface area contributed by atoms with Gasteiger partial charge in [0.25, 0.3) is 0 Å². The SMILES string of the molecule is C=C(C)c1nc2c(nc1C(=C)C)N(c1ccccc1)c1nc(C#N)c(C#N)nc1N2c1ccccc1. The number of rotatable bonds is 4. The standard InChI is InChI=1S/C28H20N8/c1-17(2)23-24(18(3)4)34-28-27(33-23)35(19-11-7-5-8-12-19)25-26(32-22(16-30)21(15-29)31-25)36(28)20-13-9-6-10-14-20/h5-14H,1,3H2,2,4H3. The van der Waals surface area contributed by atoms with Crippen LogP contribution in [0, 0.1) is 22.7 Å². The van der Waals surface area contributed by atoms with E-state index in [1.54, 1.807) is 9.80 Å². The smallest absolute Gasteiger partial charge is 0.184 e. The maximum absolute atomic E-state index is 9.72. The van der Waals surface area contributed by atoms with Crippen molar-refractivity contribution in [2.75, 3.05) is 9.80 Å². The molecule has 3 heterocycles. The van der Waals surface area contributed by atoms with Crippen LogP contribution in [0.3, 0.4) is 0 Å². The molecular formula is C28H20N8. The summed E-state index contributed by atoms with van der Waals surface area (Å²) in [7, 11) is 0. The van der Waals surface area contributed by atoms with Crippen molar-refractivity contribution < 1.29 is 0 Å². The number of hydrogen-bond acceptors (Lipinski definition) is 8. The highest BCUT2D eigenvalue weighted by Crippen LogP contribution is 2.51. The monoisotopic (exact) mass is 468 g/mol. The van der Waals surface area contributed by atoms with Gasteiger partial charge in [0.15, 0.2) is 34.7 Å². The molecule has 1 aliphatic heterocycles. The first-order valence-electron chi connectivity index (χ1n) is 11.1. The van der Waals surface area contributed by atoms with Gasteiger partial charge in [-0.05, 0) is 49.3 Å². The van der Waals surface area contributed by atoms with Crippen molar-refractivity contribution >= 4 is 45.8 Å². The number of aromatic nitrogens is 4. The van der Waals surface area contributed by atoms with Gasteiger partial charge in [-0.15, -0.1) is 0 Å². The Bertz CT molecular complexity index is 1490. The number of hydrogen-bond donors (Lipinski definition) is 0. The van der Waals surface area contributed by atoms with E-state index in [0.717, 1.165) is 22.5 Å². The zero-order valence-corrected chi connectivity index (χ0v) is 19.8. The molecule has 0 atom stereocenters. The van der Waals surface area contributed by atoms with Gasteiger partial charge in [0.2, 0.25) is 0 Å². The van der Waals surface area contributed by atoms with E-state index in [9.17, 15) is 10.5 Å². The van der Waals surface area contributed by atoms with Crippen molar-refractivity contribution in [1.29, 1.82) is 10.5 Å². The third kappa shape index (κ3) is 3.54. The first-order valence-corrected chi connectivity index (χ1v) is 11.1. The van der Waals surface area contributed by atoms with Gasteiger partial charge in [-0.25, -0.2) is 19.9 Å². The van der Waals surface area contributed by atoms with Crippen molar-refractivity contribution in [1.82, 2.24) is 19.9 Å². The number of allylic oxidation sites excluding steroid dienone is 2. The Morgan fingerprint density at radius 2 is 0.944 bits per heavy atom. The van der Waals surface area contributed by atoms with Gasteiger partial charge < -0.3 is 0 Å². The van der Waals surface area contributed by atoms with Gasteiger partial charge >= 0.3 is 0 Å². The van der Waals surface area contributed by atoms with Crippen molar-refractivity contribution in [3.05, 3.63) is 96.6 Å². The number of benzene rings is 2. The third-order valence-electron chi connectivity index (χ3n) is 5.62. The van der Waals surface area contributed by atoms with Gasteiger partial charge in [-0.2, -0.15) is 10.5 Å². The van der Waals surface area contributed by atoms with Crippen LogP contribution in [-0.2, 0) is 0 Å². The van der Waals surface area contributed by atoms with E-state index < -0.39 is 0 Å². The summed E-state index contributed by atoms with van der Waals surface area (Å²) in [4.78, 5) is 22.8. The van der Waals surface area contributed by atoms with Crippen molar-refractivity contribution in [2.45, 2.75) is 13.8 Å². The Balaban J connectivity index is 1.95. The van der Waals surface area contributed by atoms with Crippen LogP contribution in [0.2, 0.25) is 0 Å². The van der Waals surface area contributed by atoms with Crippen LogP contribution in [0.25, 0.3) is 11.1 Å². The molecule has 0 radical (unpaired) electrons. The quantitative estimate of drug-likeness (QED) is 0.301. The average molecular weight is 469 g/mol. The van der Waals surface area contributed by atoms with Gasteiger partial charge in [0, 0.05) is 11.4 Å². The fourth-order valence-corrected chi connectivity index (χ4v) is 4.03. The lowest BCUT2D eigenvalue weighted by Gasteiger charge is -2.37. The van der Waals surface area contributed by atoms with Crippen LogP contribution in [0.5, 0.6) is 0 Å². The van der Waals surface area contributed by atoms with E-state index >= 15 is 0 Å². The maximum atomic E-state index is 9.72. The van der Waals surface area contributed by atoms with Gasteiger partial charge in [-0.3, -0.25) is 9.80 Å². The van der Waals surface area contributed by atoms with Gasteiger partial charge in [0.05, 0.1) is 11.4 Å². The zero-order valence-electron chi connectivity index (χ0n) is 19.8. The Hall–Kier alpha value is -5.34. The molecule has 0 saturated heterocycles. The second-order valence-corrected chi connectivity index (χ2v) is 8.26. The van der Waals surface area contributed by atoms with Crippen molar-refractivity contribution in [3.8, 4) is 12.1 Å². The highest BCUT2D eigenvalue weighted by Gasteiger charge is 2.37. The summed E-state index contributed by atoms with van der Waals surface area (Å²) in [5, 5.41) is 19.4. The molecule has 0 amide bonds. The van der Waals surface area contributed by atoms with Crippen LogP contribution in [-0.4, -0.2) is 19.9 Å². The molecule has 0 fully saturated rings. The molecule has 2 aromatic heterocycles. The van der Waals surface area contributed by atoms with Crippen molar-refractivity contribution in [3.63, 3.8) is 0 Å². The van der Waals surface area contributed by atoms with E-state index in [1.807, 2.05) is 86.6 Å². The van der Waals surface area contributed by atoms with Crippen molar-refractivity contribution in [2.24, 2.45) is 0 Å². The number of nitrogens with zero attached hydrogens (tertiary/aromatic N) is 8. The van der Waals surface area contributed by atoms with E-state index in [1.165, 1.54) is 0 Å². The lowest BCUT2D eigenvalue weighted by Crippen LogP contribution is -2.29. The fourth-order valence-electron chi connectivity index (χ4n) is 4.03. The molecule has 1 aliphatic rings. The van der Waals surface area contributed by atoms with Crippen LogP contribution >= 0.6 is 0 Å². The minimum atomic E-state index is -0.0692. The summed E-state index contributed by atoms with van der Waals surface area (Å²) in [5.74, 6) is 1.70. The molecule has 8 nitrogen and oxygen atoms in total. The Labute approximate surface area is 208 Å². The molecule has 8 heteroatoms. The number of fused-ring (bicyclic) bond motifs is 2. The van der Waals surface area contributed by atoms with E-state index in [2.05, 4.69) is 23.1 Å². The topological polar surface area (TPSA) is 106 Å². The molecule has 0 unspecified atom stereocenters. The Kier molecular flexibility index (Phi) is 5.48. The molecule has 36 heavy (non-hydrogen) atoms. The minimum absolute atomic E-state index is 0.0692. The van der Waals surface area contributed by atoms with E-state index in [4.69, 9.17) is 9.97 Å². The van der Waals surface area contributed by atoms with Crippen LogP contribution in [0.15, 0.2) is 73.8 Å². The number of para-hydroxylation sites is 2. The first-order chi connectivity index (χ1) is 17.4. The molecule has 0 bridgehead atoms. The summed E-state index contributed by atoms with van der Waals surface area (Å²) in [6, 6.07) is 23.0. The molecular weight excluding hydrogens is 448 g/mol. The predicted octanol–water partition coefficient (Wildman–Crippen LogP) is 6.33. The predicted molar refractivity (Wildman–Crippen MR) is 139 cm³/mol. The first kappa shape index (κ1) is 22.5. The normalized spacial score (nSPS) is 11.7. The van der Waals surface area contributed by atoms with E-state index in [0.29, 0.717) is 34.7 Å². The molecule has 2 aromatic carbocycles. The summed E-state index contributed by atoms with van der Waals surface area (Å²) in [5.41, 5.74) is 4.05. The Morgan fingerprint density at radius 3 is 1.25 bits per heavy atom. The van der Waals surface area contributed by atoms with Crippen LogP contribution in [0.1, 0.15) is 36.6 Å². The lowest BCUT2D eigenvalue weighted by molar-refractivity contribution is 0.965. The lowest BCUT2D eigenvalue weighted by atomic mass is 10.1. The van der Waals surface area contributed by atoms with Crippen LogP contribution < -0.4 is 9.80 Å². The summed E-state index contributed by atoms with van der Waals surface area (Å²) >= 11 is 0. The fraction of sp³-hybridized carbons (Fsp3) is 0.0714. The molecule has 0 aliphatic carbocycles. The second-order valence-electron chi connectivity index (χ2n) is 8.26. The third-order valence-corrected chi connectivity index (χ3v) is 5.62. The molecule has 5 rings (SSSR count). The summed E-state index contributed by atoms with van der Waals surface area (Å²) < 4.78 is 0. The molecule has 4 aromatic rings. The molecule has 0 spiro atoms. The zero-order chi connectivity index (χ0) is 25.4. The van der Waals surface area contributed by atoms with Gasteiger partial charge in [-0.1, -0.05) is 49.6 Å². The maximum Gasteiger partial charge on any atom is 0.184 e. The highest BCUT2D eigenvalue weighted by atomic mass is 15.4. The summed E-state index contributed by atoms with van der Waals surface area (Å²) in [6.07, 6.45) is 0. The molecule has 172 valence electrons. The number of nitriles is 2. The highest BCUT2D eigenvalue weighted by molar-refractivity contribution is 5.97. The average Bonchev–Trinajstić information content (AvgIpc) is 2.90. The number of anilines is 6. The van der Waals surface area contributed by atoms with E-state index in [-0.39, 0.29) is 11.4 Å². The molecule has 0 N–H and O–H groups in total. The van der Waals surface area contributed by atoms with Crippen LogP contribution in [0.4, 0.5) is 34.6 Å². The minimum Gasteiger partial charge on any atom is -0.273 e. The molecule has 0 saturated carbocycles. The second kappa shape index (κ2) is 8.79. The Morgan fingerprint density at radius 1 is 0.611 bits per heavy atom. The van der Waals surface area contributed by atoms with Gasteiger partial charge in [0.1, 0.15) is 12.1 Å².